The van der Waals surface area contributed by atoms with Crippen molar-refractivity contribution in [1.82, 2.24) is 9.80 Å². The van der Waals surface area contributed by atoms with Crippen molar-refractivity contribution in [2.24, 2.45) is 5.92 Å². The number of piperidine rings is 1. The highest BCUT2D eigenvalue weighted by atomic mass is 19.4. The number of rotatable bonds is 4. The lowest BCUT2D eigenvalue weighted by atomic mass is 9.87. The summed E-state index contributed by atoms with van der Waals surface area (Å²) >= 11 is 0. The van der Waals surface area contributed by atoms with E-state index < -0.39 is 29.4 Å². The summed E-state index contributed by atoms with van der Waals surface area (Å²) in [6.45, 7) is 2.87. The molecular formula is C25H26F6N2O. The number of halogens is 6. The van der Waals surface area contributed by atoms with Crippen molar-refractivity contribution in [1.29, 1.82) is 0 Å². The molecule has 0 N–H and O–H groups in total. The van der Waals surface area contributed by atoms with Crippen LogP contribution in [0.4, 0.5) is 26.3 Å². The normalized spacial score (nSPS) is 22.2. The Morgan fingerprint density at radius 1 is 0.824 bits per heavy atom. The molecule has 0 unspecified atom stereocenters. The summed E-state index contributed by atoms with van der Waals surface area (Å²) in [5.41, 5.74) is -1.23. The first-order valence-electron chi connectivity index (χ1n) is 11.4. The van der Waals surface area contributed by atoms with Crippen LogP contribution >= 0.6 is 0 Å². The van der Waals surface area contributed by atoms with Crippen molar-refractivity contribution < 1.29 is 31.1 Å². The summed E-state index contributed by atoms with van der Waals surface area (Å²) in [7, 11) is 0. The van der Waals surface area contributed by atoms with Crippen molar-refractivity contribution in [2.75, 3.05) is 32.7 Å². The Balaban J connectivity index is 1.60. The third kappa shape index (κ3) is 5.56. The van der Waals surface area contributed by atoms with Crippen molar-refractivity contribution >= 4 is 5.91 Å². The van der Waals surface area contributed by atoms with Crippen LogP contribution in [0, 0.1) is 5.92 Å². The van der Waals surface area contributed by atoms with Crippen molar-refractivity contribution in [2.45, 2.75) is 37.5 Å². The topological polar surface area (TPSA) is 23.6 Å². The molecule has 2 saturated heterocycles. The van der Waals surface area contributed by atoms with Gasteiger partial charge in [0.05, 0.1) is 11.1 Å². The van der Waals surface area contributed by atoms with Gasteiger partial charge in [0.25, 0.3) is 5.91 Å². The third-order valence-corrected chi connectivity index (χ3v) is 6.75. The fourth-order valence-corrected chi connectivity index (χ4v) is 5.03. The maximum absolute atomic E-state index is 13.3. The summed E-state index contributed by atoms with van der Waals surface area (Å²) in [5.74, 6) is -0.987. The fraction of sp³-hybridized carbons (Fsp3) is 0.480. The molecule has 2 aromatic carbocycles. The predicted octanol–water partition coefficient (Wildman–Crippen LogP) is 6.07. The van der Waals surface area contributed by atoms with E-state index in [2.05, 4.69) is 4.90 Å². The Hall–Kier alpha value is -2.55. The van der Waals surface area contributed by atoms with E-state index in [9.17, 15) is 31.1 Å². The SMILES string of the molecule is O=C(c1cccc(C(F)(F)F)c1)N1C[C@H](CN2CCCCC2)[C@H](c2cccc(C(F)(F)F)c2)C1. The maximum Gasteiger partial charge on any atom is 0.416 e. The molecule has 0 aliphatic carbocycles. The fourth-order valence-electron chi connectivity index (χ4n) is 5.03. The zero-order valence-electron chi connectivity index (χ0n) is 18.5. The second-order valence-corrected chi connectivity index (χ2v) is 9.14. The second-order valence-electron chi connectivity index (χ2n) is 9.14. The van der Waals surface area contributed by atoms with Gasteiger partial charge < -0.3 is 9.80 Å². The van der Waals surface area contributed by atoms with Crippen LogP contribution in [0.5, 0.6) is 0 Å². The smallest absolute Gasteiger partial charge is 0.338 e. The van der Waals surface area contributed by atoms with Gasteiger partial charge in [-0.25, -0.2) is 0 Å². The molecule has 2 atom stereocenters. The lowest BCUT2D eigenvalue weighted by molar-refractivity contribution is -0.138. The van der Waals surface area contributed by atoms with Gasteiger partial charge in [-0.1, -0.05) is 30.7 Å². The van der Waals surface area contributed by atoms with E-state index in [-0.39, 0.29) is 30.5 Å². The molecular weight excluding hydrogens is 458 g/mol. The minimum absolute atomic E-state index is 0.0729. The minimum Gasteiger partial charge on any atom is -0.338 e. The number of nitrogens with zero attached hydrogens (tertiary/aromatic N) is 2. The zero-order chi connectivity index (χ0) is 24.5. The molecule has 2 aliphatic heterocycles. The van der Waals surface area contributed by atoms with Gasteiger partial charge in [-0.05, 0) is 61.7 Å². The molecule has 0 aromatic heterocycles. The number of alkyl halides is 6. The van der Waals surface area contributed by atoms with Gasteiger partial charge in [0, 0.05) is 31.1 Å². The van der Waals surface area contributed by atoms with Crippen molar-refractivity contribution in [3.05, 3.63) is 70.8 Å². The molecule has 2 fully saturated rings. The standard InChI is InChI=1S/C25H26F6N2O/c26-24(27,28)20-8-4-6-17(12-20)22-16-33(15-19(22)14-32-10-2-1-3-11-32)23(34)18-7-5-9-21(13-18)25(29,30)31/h4-9,12-13,19,22H,1-3,10-11,14-16H2/t19-,22-/m0/s1. The molecule has 0 saturated carbocycles. The molecule has 34 heavy (non-hydrogen) atoms. The number of amides is 1. The van der Waals surface area contributed by atoms with E-state index in [1.54, 1.807) is 6.07 Å². The summed E-state index contributed by atoms with van der Waals surface area (Å²) in [6, 6.07) is 9.44. The monoisotopic (exact) mass is 484 g/mol. The van der Waals surface area contributed by atoms with Crippen LogP contribution in [-0.2, 0) is 12.4 Å². The van der Waals surface area contributed by atoms with E-state index >= 15 is 0 Å². The predicted molar refractivity (Wildman–Crippen MR) is 115 cm³/mol. The average Bonchev–Trinajstić information content (AvgIpc) is 3.22. The Bertz CT molecular complexity index is 1010. The van der Waals surface area contributed by atoms with Crippen LogP contribution in [0.15, 0.2) is 48.5 Å². The largest absolute Gasteiger partial charge is 0.416 e. The molecule has 9 heteroatoms. The molecule has 184 valence electrons. The second kappa shape index (κ2) is 9.60. The van der Waals surface area contributed by atoms with Gasteiger partial charge in [-0.2, -0.15) is 26.3 Å². The van der Waals surface area contributed by atoms with Gasteiger partial charge in [-0.15, -0.1) is 0 Å². The van der Waals surface area contributed by atoms with E-state index in [0.717, 1.165) is 56.6 Å². The Kier molecular flexibility index (Phi) is 6.94. The lowest BCUT2D eigenvalue weighted by Crippen LogP contribution is -2.36. The third-order valence-electron chi connectivity index (χ3n) is 6.75. The highest BCUT2D eigenvalue weighted by Gasteiger charge is 2.39. The van der Waals surface area contributed by atoms with Gasteiger partial charge >= 0.3 is 12.4 Å². The zero-order valence-corrected chi connectivity index (χ0v) is 18.5. The van der Waals surface area contributed by atoms with E-state index in [4.69, 9.17) is 0 Å². The summed E-state index contributed by atoms with van der Waals surface area (Å²) in [5, 5.41) is 0. The van der Waals surface area contributed by atoms with Crippen LogP contribution in [0.1, 0.15) is 52.2 Å². The van der Waals surface area contributed by atoms with Crippen LogP contribution in [0.3, 0.4) is 0 Å². The molecule has 2 aliphatic rings. The number of likely N-dealkylation sites (tertiary alicyclic amines) is 2. The first-order chi connectivity index (χ1) is 16.0. The lowest BCUT2D eigenvalue weighted by Gasteiger charge is -2.31. The van der Waals surface area contributed by atoms with Gasteiger partial charge in [0.2, 0.25) is 0 Å². The van der Waals surface area contributed by atoms with Gasteiger partial charge in [0.15, 0.2) is 0 Å². The quantitative estimate of drug-likeness (QED) is 0.492. The van der Waals surface area contributed by atoms with Crippen LogP contribution < -0.4 is 0 Å². The number of carbonyl (C=O) groups is 1. The number of hydrogen-bond acceptors (Lipinski definition) is 2. The van der Waals surface area contributed by atoms with Crippen LogP contribution in [-0.4, -0.2) is 48.4 Å². The molecule has 3 nitrogen and oxygen atoms in total. The van der Waals surface area contributed by atoms with E-state index in [1.807, 2.05) is 0 Å². The number of hydrogen-bond donors (Lipinski definition) is 0. The minimum atomic E-state index is -4.57. The number of carbonyl (C=O) groups excluding carboxylic acids is 1. The van der Waals surface area contributed by atoms with E-state index in [0.29, 0.717) is 12.1 Å². The molecule has 4 rings (SSSR count). The average molecular weight is 484 g/mol. The molecule has 2 aromatic rings. The van der Waals surface area contributed by atoms with Crippen molar-refractivity contribution in [3.8, 4) is 0 Å². The first kappa shape index (κ1) is 24.6. The van der Waals surface area contributed by atoms with Crippen molar-refractivity contribution in [3.63, 3.8) is 0 Å². The molecule has 2 heterocycles. The maximum atomic E-state index is 13.3. The summed E-state index contributed by atoms with van der Waals surface area (Å²) in [4.78, 5) is 16.9. The Morgan fingerprint density at radius 2 is 1.44 bits per heavy atom. The Labute approximate surface area is 194 Å². The highest BCUT2D eigenvalue weighted by Crippen LogP contribution is 2.38. The van der Waals surface area contributed by atoms with Crippen LogP contribution in [0.25, 0.3) is 0 Å². The van der Waals surface area contributed by atoms with Crippen LogP contribution in [0.2, 0.25) is 0 Å². The Morgan fingerprint density at radius 3 is 2.09 bits per heavy atom. The molecule has 0 spiro atoms. The van der Waals surface area contributed by atoms with Gasteiger partial charge in [0.1, 0.15) is 0 Å². The number of benzene rings is 2. The molecule has 0 bridgehead atoms. The molecule has 1 amide bonds. The van der Waals surface area contributed by atoms with E-state index in [1.165, 1.54) is 23.1 Å². The summed E-state index contributed by atoms with van der Waals surface area (Å²) < 4.78 is 79.3. The summed E-state index contributed by atoms with van der Waals surface area (Å²) in [6.07, 6.45) is -5.82. The first-order valence-corrected chi connectivity index (χ1v) is 11.4. The molecule has 0 radical (unpaired) electrons. The van der Waals surface area contributed by atoms with Gasteiger partial charge in [-0.3, -0.25) is 4.79 Å². The highest BCUT2D eigenvalue weighted by molar-refractivity contribution is 5.94.